The van der Waals surface area contributed by atoms with Crippen LogP contribution in [0.1, 0.15) is 42.5 Å². The Morgan fingerprint density at radius 2 is 2.17 bits per heavy atom. The molecular weight excluding hydrogens is 306 g/mol. The van der Waals surface area contributed by atoms with Crippen molar-refractivity contribution in [2.75, 3.05) is 13.7 Å². The van der Waals surface area contributed by atoms with E-state index >= 15 is 0 Å². The molecule has 1 N–H and O–H groups in total. The first kappa shape index (κ1) is 16.3. The van der Waals surface area contributed by atoms with Crippen LogP contribution in [0.2, 0.25) is 0 Å². The minimum Gasteiger partial charge on any atom is -0.497 e. The lowest BCUT2D eigenvalue weighted by molar-refractivity contribution is 0.0950. The Balaban J connectivity index is 1.72. The molecule has 1 amide bonds. The number of nitrogens with one attached hydrogen (secondary N) is 1. The van der Waals surface area contributed by atoms with E-state index in [1.54, 1.807) is 31.4 Å². The number of allylic oxidation sites excluding steroid dienone is 1. The fraction of sp³-hybridized carbons (Fsp3) is 0.368. The van der Waals surface area contributed by atoms with Crippen LogP contribution in [0, 0.1) is 0 Å². The van der Waals surface area contributed by atoms with Gasteiger partial charge in [0.05, 0.1) is 7.11 Å². The zero-order valence-corrected chi connectivity index (χ0v) is 13.8. The minimum atomic E-state index is -0.623. The van der Waals surface area contributed by atoms with Gasteiger partial charge in [0.1, 0.15) is 16.9 Å². The molecule has 0 unspecified atom stereocenters. The molecule has 1 aliphatic rings. The molecule has 1 aromatic heterocycles. The van der Waals surface area contributed by atoms with Crippen molar-refractivity contribution in [2.24, 2.45) is 0 Å². The maximum absolute atomic E-state index is 12.3. The van der Waals surface area contributed by atoms with Gasteiger partial charge in [-0.2, -0.15) is 0 Å². The average molecular weight is 327 g/mol. The highest BCUT2D eigenvalue weighted by atomic mass is 16.5. The molecule has 0 bridgehead atoms. The summed E-state index contributed by atoms with van der Waals surface area (Å²) in [6.45, 7) is 0.528. The number of hydrogen-bond acceptors (Lipinski definition) is 4. The number of carbonyl (C=O) groups excluding carboxylic acids is 1. The fourth-order valence-corrected chi connectivity index (χ4v) is 2.95. The third-order valence-electron chi connectivity index (χ3n) is 4.30. The summed E-state index contributed by atoms with van der Waals surface area (Å²) in [6.07, 6.45) is 7.78. The summed E-state index contributed by atoms with van der Waals surface area (Å²) in [5.74, 6) is 0.247. The van der Waals surface area contributed by atoms with Gasteiger partial charge in [0.2, 0.25) is 0 Å². The summed E-state index contributed by atoms with van der Waals surface area (Å²) in [6, 6.07) is 6.66. The van der Waals surface area contributed by atoms with Crippen LogP contribution in [0.3, 0.4) is 0 Å². The first-order chi connectivity index (χ1) is 11.7. The lowest BCUT2D eigenvalue weighted by Gasteiger charge is -2.12. The summed E-state index contributed by atoms with van der Waals surface area (Å²) in [7, 11) is 1.56. The van der Waals surface area contributed by atoms with E-state index in [-0.39, 0.29) is 5.56 Å². The largest absolute Gasteiger partial charge is 0.497 e. The van der Waals surface area contributed by atoms with Crippen molar-refractivity contribution in [1.29, 1.82) is 0 Å². The van der Waals surface area contributed by atoms with Gasteiger partial charge in [0, 0.05) is 11.9 Å². The van der Waals surface area contributed by atoms with Gasteiger partial charge in [-0.25, -0.2) is 4.79 Å². The van der Waals surface area contributed by atoms with Gasteiger partial charge in [0.15, 0.2) is 0 Å². The Hall–Kier alpha value is -2.56. The Kier molecular flexibility index (Phi) is 4.99. The molecule has 0 radical (unpaired) electrons. The number of carbonyl (C=O) groups is 1. The Labute approximate surface area is 140 Å². The first-order valence-corrected chi connectivity index (χ1v) is 8.25. The predicted molar refractivity (Wildman–Crippen MR) is 92.5 cm³/mol. The zero-order valence-electron chi connectivity index (χ0n) is 13.8. The van der Waals surface area contributed by atoms with Crippen molar-refractivity contribution in [2.45, 2.75) is 32.1 Å². The molecule has 0 saturated carbocycles. The smallest absolute Gasteiger partial charge is 0.349 e. The number of benzene rings is 1. The van der Waals surface area contributed by atoms with Crippen LogP contribution in [-0.2, 0) is 0 Å². The molecule has 0 spiro atoms. The lowest BCUT2D eigenvalue weighted by atomic mass is 9.97. The zero-order chi connectivity index (χ0) is 16.9. The Morgan fingerprint density at radius 3 is 2.92 bits per heavy atom. The predicted octanol–water partition coefficient (Wildman–Crippen LogP) is 3.42. The molecule has 1 aliphatic carbocycles. The van der Waals surface area contributed by atoms with Crippen molar-refractivity contribution in [1.82, 2.24) is 5.32 Å². The highest BCUT2D eigenvalue weighted by Gasteiger charge is 2.14. The molecule has 0 aliphatic heterocycles. The highest BCUT2D eigenvalue weighted by molar-refractivity contribution is 5.96. The number of fused-ring (bicyclic) bond motifs is 1. The van der Waals surface area contributed by atoms with Gasteiger partial charge in [-0.15, -0.1) is 0 Å². The van der Waals surface area contributed by atoms with E-state index in [0.29, 0.717) is 23.3 Å². The van der Waals surface area contributed by atoms with E-state index in [2.05, 4.69) is 11.4 Å². The molecule has 24 heavy (non-hydrogen) atoms. The third-order valence-corrected chi connectivity index (χ3v) is 4.30. The molecule has 0 fully saturated rings. The quantitative estimate of drug-likeness (QED) is 0.675. The molecule has 3 rings (SSSR count). The molecule has 1 heterocycles. The number of hydrogen-bond donors (Lipinski definition) is 1. The molecule has 1 aromatic carbocycles. The van der Waals surface area contributed by atoms with Gasteiger partial charge in [0.25, 0.3) is 5.91 Å². The highest BCUT2D eigenvalue weighted by Crippen LogP contribution is 2.21. The number of ether oxygens (including phenoxy) is 1. The third kappa shape index (κ3) is 3.67. The van der Waals surface area contributed by atoms with E-state index in [1.165, 1.54) is 18.4 Å². The Morgan fingerprint density at radius 1 is 1.29 bits per heavy atom. The molecule has 5 heteroatoms. The van der Waals surface area contributed by atoms with E-state index in [4.69, 9.17) is 9.15 Å². The summed E-state index contributed by atoms with van der Waals surface area (Å²) in [5, 5.41) is 3.47. The average Bonchev–Trinajstić information content (AvgIpc) is 2.61. The van der Waals surface area contributed by atoms with Crippen molar-refractivity contribution in [3.05, 3.63) is 51.9 Å². The second kappa shape index (κ2) is 7.34. The van der Waals surface area contributed by atoms with E-state index < -0.39 is 11.5 Å². The molecule has 5 nitrogen and oxygen atoms in total. The first-order valence-electron chi connectivity index (χ1n) is 8.25. The van der Waals surface area contributed by atoms with Gasteiger partial charge in [-0.1, -0.05) is 11.6 Å². The van der Waals surface area contributed by atoms with Crippen molar-refractivity contribution in [3.63, 3.8) is 0 Å². The standard InChI is InChI=1S/C19H21NO4/c1-23-15-7-8-17-14(11-15)12-16(19(22)24-17)18(21)20-10-9-13-5-3-2-4-6-13/h5,7-8,11-12H,2-4,6,9-10H2,1H3,(H,20,21). The molecule has 0 saturated heterocycles. The maximum atomic E-state index is 12.3. The summed E-state index contributed by atoms with van der Waals surface area (Å²) in [4.78, 5) is 24.3. The monoisotopic (exact) mass is 327 g/mol. The molecular formula is C19H21NO4. The molecule has 2 aromatic rings. The van der Waals surface area contributed by atoms with E-state index in [9.17, 15) is 9.59 Å². The Bertz CT molecular complexity index is 835. The van der Waals surface area contributed by atoms with E-state index in [0.717, 1.165) is 19.3 Å². The van der Waals surface area contributed by atoms with Gasteiger partial charge in [-0.3, -0.25) is 4.79 Å². The van der Waals surface area contributed by atoms with E-state index in [1.807, 2.05) is 0 Å². The fourth-order valence-electron chi connectivity index (χ4n) is 2.95. The molecule has 0 atom stereocenters. The maximum Gasteiger partial charge on any atom is 0.349 e. The lowest BCUT2D eigenvalue weighted by Crippen LogP contribution is -2.29. The van der Waals surface area contributed by atoms with Crippen LogP contribution in [0.4, 0.5) is 0 Å². The molecule has 126 valence electrons. The normalized spacial score (nSPS) is 14.3. The topological polar surface area (TPSA) is 68.5 Å². The minimum absolute atomic E-state index is 0.0216. The second-order valence-electron chi connectivity index (χ2n) is 5.97. The number of rotatable bonds is 5. The van der Waals surface area contributed by atoms with Crippen LogP contribution < -0.4 is 15.7 Å². The van der Waals surface area contributed by atoms with Crippen LogP contribution in [0.5, 0.6) is 5.75 Å². The van der Waals surface area contributed by atoms with Crippen LogP contribution in [-0.4, -0.2) is 19.6 Å². The van der Waals surface area contributed by atoms with Crippen molar-refractivity contribution >= 4 is 16.9 Å². The van der Waals surface area contributed by atoms with Crippen molar-refractivity contribution in [3.8, 4) is 5.75 Å². The SMILES string of the molecule is COc1ccc2oc(=O)c(C(=O)NCCC3=CCCCC3)cc2c1. The number of amides is 1. The summed E-state index contributed by atoms with van der Waals surface area (Å²) < 4.78 is 10.4. The summed E-state index contributed by atoms with van der Waals surface area (Å²) >= 11 is 0. The van der Waals surface area contributed by atoms with Crippen LogP contribution >= 0.6 is 0 Å². The van der Waals surface area contributed by atoms with Crippen molar-refractivity contribution < 1.29 is 13.9 Å². The number of methoxy groups -OCH3 is 1. The van der Waals surface area contributed by atoms with Gasteiger partial charge < -0.3 is 14.5 Å². The van der Waals surface area contributed by atoms with Crippen LogP contribution in [0.15, 0.2) is 45.1 Å². The summed E-state index contributed by atoms with van der Waals surface area (Å²) in [5.41, 5.74) is 1.22. The van der Waals surface area contributed by atoms with Gasteiger partial charge >= 0.3 is 5.63 Å². The second-order valence-corrected chi connectivity index (χ2v) is 5.97. The van der Waals surface area contributed by atoms with Gasteiger partial charge in [-0.05, 0) is 56.4 Å². The van der Waals surface area contributed by atoms with Crippen LogP contribution in [0.25, 0.3) is 11.0 Å².